The number of methoxy groups -OCH3 is 1. The van der Waals surface area contributed by atoms with Crippen LogP contribution in [0.25, 0.3) is 0 Å². The average Bonchev–Trinajstić information content (AvgIpc) is 2.83. The highest BCUT2D eigenvalue weighted by molar-refractivity contribution is 14.0. The van der Waals surface area contributed by atoms with Crippen molar-refractivity contribution in [2.45, 2.75) is 6.54 Å². The molecule has 0 fully saturated rings. The second kappa shape index (κ2) is 7.78. The van der Waals surface area contributed by atoms with E-state index in [1.165, 1.54) is 0 Å². The maximum absolute atomic E-state index is 5.83. The van der Waals surface area contributed by atoms with Gasteiger partial charge in [0, 0.05) is 25.1 Å². The van der Waals surface area contributed by atoms with Gasteiger partial charge in [-0.25, -0.2) is 4.99 Å². The van der Waals surface area contributed by atoms with Gasteiger partial charge in [0.25, 0.3) is 0 Å². The molecule has 0 aliphatic heterocycles. The summed E-state index contributed by atoms with van der Waals surface area (Å²) in [6.45, 7) is 0.565. The van der Waals surface area contributed by atoms with Crippen LogP contribution >= 0.6 is 24.0 Å². The van der Waals surface area contributed by atoms with E-state index >= 15 is 0 Å². The van der Waals surface area contributed by atoms with Gasteiger partial charge in [0.2, 0.25) is 0 Å². The largest absolute Gasteiger partial charge is 0.497 e. The van der Waals surface area contributed by atoms with Crippen LogP contribution in [0.5, 0.6) is 5.75 Å². The van der Waals surface area contributed by atoms with Gasteiger partial charge in [0.05, 0.1) is 13.7 Å². The Bertz CT molecular complexity index is 563. The second-order valence-corrected chi connectivity index (χ2v) is 4.24. The maximum atomic E-state index is 5.83. The highest BCUT2D eigenvalue weighted by atomic mass is 127. The number of hydrogen-bond donors (Lipinski definition) is 2. The van der Waals surface area contributed by atoms with E-state index in [-0.39, 0.29) is 24.0 Å². The van der Waals surface area contributed by atoms with E-state index in [1.54, 1.807) is 7.11 Å². The zero-order chi connectivity index (χ0) is 13.7. The number of aromatic nitrogens is 1. The lowest BCUT2D eigenvalue weighted by Crippen LogP contribution is -2.22. The number of benzene rings is 1. The molecule has 2 aromatic rings. The molecule has 1 aromatic heterocycles. The van der Waals surface area contributed by atoms with E-state index in [9.17, 15) is 0 Å². The van der Waals surface area contributed by atoms with Crippen LogP contribution in [0, 0.1) is 0 Å². The Labute approximate surface area is 135 Å². The van der Waals surface area contributed by atoms with Crippen molar-refractivity contribution >= 4 is 35.6 Å². The molecule has 108 valence electrons. The van der Waals surface area contributed by atoms with Gasteiger partial charge >= 0.3 is 0 Å². The van der Waals surface area contributed by atoms with Crippen molar-refractivity contribution in [2.24, 2.45) is 17.8 Å². The third kappa shape index (κ3) is 4.76. The molecule has 1 heterocycles. The molecule has 20 heavy (non-hydrogen) atoms. The minimum Gasteiger partial charge on any atom is -0.497 e. The zero-order valence-corrected chi connectivity index (χ0v) is 13.9. The lowest BCUT2D eigenvalue weighted by Gasteiger charge is -2.06. The third-order valence-electron chi connectivity index (χ3n) is 2.69. The normalized spacial score (nSPS) is 10.8. The van der Waals surface area contributed by atoms with Gasteiger partial charge in [0.15, 0.2) is 5.96 Å². The molecule has 3 N–H and O–H groups in total. The first-order valence-electron chi connectivity index (χ1n) is 5.99. The number of anilines is 1. The number of aryl methyl sites for hydroxylation is 1. The lowest BCUT2D eigenvalue weighted by molar-refractivity contribution is 0.415. The number of nitrogens with two attached hydrogens (primary N) is 1. The highest BCUT2D eigenvalue weighted by Gasteiger charge is 1.97. The van der Waals surface area contributed by atoms with Crippen LogP contribution in [0.15, 0.2) is 47.7 Å². The minimum absolute atomic E-state index is 0. The van der Waals surface area contributed by atoms with Gasteiger partial charge in [0.1, 0.15) is 5.75 Å². The molecular formula is C14H19IN4O. The smallest absolute Gasteiger partial charge is 0.193 e. The van der Waals surface area contributed by atoms with Crippen LogP contribution in [0.1, 0.15) is 5.56 Å². The SMILES string of the molecule is COc1ccc(NC(N)=NCc2ccn(C)c2)cc1.I. The summed E-state index contributed by atoms with van der Waals surface area (Å²) in [6, 6.07) is 9.54. The van der Waals surface area contributed by atoms with E-state index in [0.29, 0.717) is 12.5 Å². The van der Waals surface area contributed by atoms with Crippen LogP contribution in [0.2, 0.25) is 0 Å². The predicted molar refractivity (Wildman–Crippen MR) is 92.8 cm³/mol. The Kier molecular flexibility index (Phi) is 6.37. The summed E-state index contributed by atoms with van der Waals surface area (Å²) in [5.74, 6) is 1.21. The number of nitrogens with zero attached hydrogens (tertiary/aromatic N) is 2. The molecule has 0 bridgehead atoms. The predicted octanol–water partition coefficient (Wildman–Crippen LogP) is 2.58. The quantitative estimate of drug-likeness (QED) is 0.482. The molecule has 0 atom stereocenters. The minimum atomic E-state index is 0. The van der Waals surface area contributed by atoms with Crippen LogP contribution in [0.4, 0.5) is 5.69 Å². The highest BCUT2D eigenvalue weighted by Crippen LogP contribution is 2.14. The van der Waals surface area contributed by atoms with Crippen molar-refractivity contribution in [2.75, 3.05) is 12.4 Å². The van der Waals surface area contributed by atoms with Crippen molar-refractivity contribution in [3.63, 3.8) is 0 Å². The Morgan fingerprint density at radius 1 is 1.30 bits per heavy atom. The maximum Gasteiger partial charge on any atom is 0.193 e. The summed E-state index contributed by atoms with van der Waals surface area (Å²) in [5, 5.41) is 3.04. The molecule has 0 aliphatic rings. The molecule has 0 aliphatic carbocycles. The molecule has 6 heteroatoms. The molecule has 0 radical (unpaired) electrons. The Hall–Kier alpha value is -1.70. The second-order valence-electron chi connectivity index (χ2n) is 4.24. The monoisotopic (exact) mass is 386 g/mol. The van der Waals surface area contributed by atoms with E-state index in [2.05, 4.69) is 10.3 Å². The van der Waals surface area contributed by atoms with E-state index in [1.807, 2.05) is 54.3 Å². The van der Waals surface area contributed by atoms with Gasteiger partial charge in [-0.05, 0) is 35.9 Å². The molecule has 0 unspecified atom stereocenters. The topological polar surface area (TPSA) is 64.6 Å². The van der Waals surface area contributed by atoms with Crippen LogP contribution in [0.3, 0.4) is 0 Å². The fourth-order valence-electron chi connectivity index (χ4n) is 1.69. The molecule has 0 spiro atoms. The number of aliphatic imine (C=N–C) groups is 1. The van der Waals surface area contributed by atoms with Gasteiger partial charge in [-0.2, -0.15) is 0 Å². The average molecular weight is 386 g/mol. The number of ether oxygens (including phenoxy) is 1. The molecule has 0 saturated heterocycles. The molecule has 2 rings (SSSR count). The van der Waals surface area contributed by atoms with Crippen molar-refractivity contribution in [1.29, 1.82) is 0 Å². The van der Waals surface area contributed by atoms with Crippen LogP contribution < -0.4 is 15.8 Å². The zero-order valence-electron chi connectivity index (χ0n) is 11.5. The van der Waals surface area contributed by atoms with Crippen molar-refractivity contribution in [3.8, 4) is 5.75 Å². The fourth-order valence-corrected chi connectivity index (χ4v) is 1.69. The summed E-state index contributed by atoms with van der Waals surface area (Å²) in [7, 11) is 3.62. The van der Waals surface area contributed by atoms with Crippen molar-refractivity contribution < 1.29 is 4.74 Å². The molecule has 0 saturated carbocycles. The van der Waals surface area contributed by atoms with E-state index in [4.69, 9.17) is 10.5 Å². The molecular weight excluding hydrogens is 367 g/mol. The Balaban J connectivity index is 0.00000200. The summed E-state index contributed by atoms with van der Waals surface area (Å²) >= 11 is 0. The third-order valence-corrected chi connectivity index (χ3v) is 2.69. The fraction of sp³-hybridized carbons (Fsp3) is 0.214. The van der Waals surface area contributed by atoms with E-state index < -0.39 is 0 Å². The van der Waals surface area contributed by atoms with Crippen molar-refractivity contribution in [1.82, 2.24) is 4.57 Å². The molecule has 5 nitrogen and oxygen atoms in total. The van der Waals surface area contributed by atoms with Crippen LogP contribution in [-0.4, -0.2) is 17.6 Å². The lowest BCUT2D eigenvalue weighted by atomic mass is 10.3. The number of guanidine groups is 1. The standard InChI is InChI=1S/C14H18N4O.HI/c1-18-8-7-11(10-18)9-16-14(15)17-12-3-5-13(19-2)6-4-12;/h3-8,10H,9H2,1-2H3,(H3,15,16,17);1H. The first kappa shape index (κ1) is 16.4. The molecule has 1 aromatic carbocycles. The Morgan fingerprint density at radius 3 is 2.55 bits per heavy atom. The Morgan fingerprint density at radius 2 is 2.00 bits per heavy atom. The summed E-state index contributed by atoms with van der Waals surface area (Å²) < 4.78 is 7.07. The van der Waals surface area contributed by atoms with Crippen molar-refractivity contribution in [3.05, 3.63) is 48.3 Å². The first-order chi connectivity index (χ1) is 9.17. The van der Waals surface area contributed by atoms with Gasteiger partial charge < -0.3 is 20.4 Å². The number of hydrogen-bond acceptors (Lipinski definition) is 2. The van der Waals surface area contributed by atoms with Gasteiger partial charge in [-0.1, -0.05) is 0 Å². The van der Waals surface area contributed by atoms with E-state index in [0.717, 1.165) is 17.0 Å². The summed E-state index contributed by atoms with van der Waals surface area (Å²) in [5.41, 5.74) is 7.84. The number of halogens is 1. The number of nitrogens with one attached hydrogen (secondary N) is 1. The summed E-state index contributed by atoms with van der Waals surface area (Å²) in [6.07, 6.45) is 4.00. The summed E-state index contributed by atoms with van der Waals surface area (Å²) in [4.78, 5) is 4.28. The first-order valence-corrected chi connectivity index (χ1v) is 5.99. The molecule has 0 amide bonds. The van der Waals surface area contributed by atoms with Crippen LogP contribution in [-0.2, 0) is 13.6 Å². The number of rotatable bonds is 4. The van der Waals surface area contributed by atoms with Gasteiger partial charge in [-0.15, -0.1) is 24.0 Å². The van der Waals surface area contributed by atoms with Gasteiger partial charge in [-0.3, -0.25) is 0 Å².